The maximum Gasteiger partial charge on any atom is 0.138 e. The molecule has 1 fully saturated rings. The number of hydrogen-bond acceptors (Lipinski definition) is 2. The van der Waals surface area contributed by atoms with E-state index in [2.05, 4.69) is 57.7 Å². The molecule has 1 aromatic heterocycles. The molecule has 30 heavy (non-hydrogen) atoms. The van der Waals surface area contributed by atoms with Gasteiger partial charge in [-0.3, -0.25) is 0 Å². The van der Waals surface area contributed by atoms with Crippen LogP contribution in [0.2, 0.25) is 5.02 Å². The summed E-state index contributed by atoms with van der Waals surface area (Å²) in [6.45, 7) is 13.2. The van der Waals surface area contributed by atoms with E-state index in [0.29, 0.717) is 23.3 Å². The normalized spacial score (nSPS) is 26.8. The van der Waals surface area contributed by atoms with Gasteiger partial charge in [-0.05, 0) is 59.8 Å². The highest BCUT2D eigenvalue weighted by Crippen LogP contribution is 2.54. The highest BCUT2D eigenvalue weighted by Gasteiger charge is 2.55. The van der Waals surface area contributed by atoms with Crippen LogP contribution < -0.4 is 0 Å². The van der Waals surface area contributed by atoms with Crippen molar-refractivity contribution in [2.45, 2.75) is 66.4 Å². The number of nitrogens with zero attached hydrogens (tertiary/aromatic N) is 3. The van der Waals surface area contributed by atoms with Crippen LogP contribution in [0.4, 0.5) is 0 Å². The molecule has 1 radical (unpaired) electrons. The highest BCUT2D eigenvalue weighted by atomic mass is 35.5. The Bertz CT molecular complexity index is 852. The molecular formula is C25H35ClN3O. The fourth-order valence-corrected chi connectivity index (χ4v) is 5.64. The number of benzene rings is 1. The van der Waals surface area contributed by atoms with Crippen molar-refractivity contribution < 1.29 is 5.11 Å². The Hall–Kier alpha value is -1.65. The SMILES string of the molecule is CC1CCC(C(C)C)C([O])(C(/C(=C\c2ccc(Cl)cc2)n2cncn2)C(C)(C)C)C1. The molecule has 4 atom stereocenters. The van der Waals surface area contributed by atoms with Crippen LogP contribution in [0.1, 0.15) is 66.4 Å². The van der Waals surface area contributed by atoms with Gasteiger partial charge in [0, 0.05) is 10.9 Å². The average molecular weight is 429 g/mol. The zero-order chi connectivity index (χ0) is 22.1. The molecule has 5 heteroatoms. The Morgan fingerprint density at radius 2 is 1.90 bits per heavy atom. The molecule has 163 valence electrons. The Morgan fingerprint density at radius 3 is 2.43 bits per heavy atom. The van der Waals surface area contributed by atoms with Crippen molar-refractivity contribution in [3.63, 3.8) is 0 Å². The molecule has 1 aliphatic carbocycles. The monoisotopic (exact) mass is 428 g/mol. The predicted octanol–water partition coefficient (Wildman–Crippen LogP) is 6.85. The molecule has 0 amide bonds. The van der Waals surface area contributed by atoms with E-state index in [1.165, 1.54) is 6.33 Å². The van der Waals surface area contributed by atoms with Crippen molar-refractivity contribution in [2.75, 3.05) is 0 Å². The predicted molar refractivity (Wildman–Crippen MR) is 123 cm³/mol. The van der Waals surface area contributed by atoms with Crippen LogP contribution in [0, 0.1) is 29.1 Å². The van der Waals surface area contributed by atoms with Gasteiger partial charge in [-0.1, -0.05) is 71.7 Å². The fraction of sp³-hybridized carbons (Fsp3) is 0.600. The van der Waals surface area contributed by atoms with Gasteiger partial charge < -0.3 is 0 Å². The third-order valence-electron chi connectivity index (χ3n) is 6.59. The largest absolute Gasteiger partial charge is 0.228 e. The van der Waals surface area contributed by atoms with E-state index in [-0.39, 0.29) is 17.3 Å². The van der Waals surface area contributed by atoms with Crippen molar-refractivity contribution >= 4 is 23.4 Å². The molecule has 0 bridgehead atoms. The van der Waals surface area contributed by atoms with Crippen molar-refractivity contribution in [1.82, 2.24) is 14.8 Å². The smallest absolute Gasteiger partial charge is 0.138 e. The minimum Gasteiger partial charge on any atom is -0.228 e. The van der Waals surface area contributed by atoms with Crippen molar-refractivity contribution in [1.29, 1.82) is 0 Å². The maximum absolute atomic E-state index is 14.9. The highest BCUT2D eigenvalue weighted by molar-refractivity contribution is 6.30. The molecule has 1 aromatic carbocycles. The first-order chi connectivity index (χ1) is 14.0. The molecule has 0 aliphatic heterocycles. The first kappa shape index (κ1) is 23.0. The van der Waals surface area contributed by atoms with Gasteiger partial charge in [0.2, 0.25) is 0 Å². The summed E-state index contributed by atoms with van der Waals surface area (Å²) in [5.74, 6) is 0.662. The Balaban J connectivity index is 2.20. The lowest BCUT2D eigenvalue weighted by atomic mass is 9.56. The molecule has 1 saturated carbocycles. The molecule has 4 unspecified atom stereocenters. The summed E-state index contributed by atoms with van der Waals surface area (Å²) in [4.78, 5) is 4.19. The molecule has 0 spiro atoms. The Morgan fingerprint density at radius 1 is 1.23 bits per heavy atom. The molecule has 1 heterocycles. The number of aromatic nitrogens is 3. The van der Waals surface area contributed by atoms with Gasteiger partial charge in [0.05, 0.1) is 5.70 Å². The lowest BCUT2D eigenvalue weighted by Gasteiger charge is -2.51. The Labute approximate surface area is 186 Å². The first-order valence-corrected chi connectivity index (χ1v) is 11.4. The van der Waals surface area contributed by atoms with Gasteiger partial charge in [0.15, 0.2) is 0 Å². The summed E-state index contributed by atoms with van der Waals surface area (Å²) in [5.41, 5.74) is 0.606. The minimum absolute atomic E-state index is 0.120. The van der Waals surface area contributed by atoms with E-state index < -0.39 is 5.60 Å². The second-order valence-corrected chi connectivity index (χ2v) is 10.9. The van der Waals surface area contributed by atoms with Crippen LogP contribution in [0.25, 0.3) is 11.8 Å². The molecule has 2 aromatic rings. The summed E-state index contributed by atoms with van der Waals surface area (Å²) in [6, 6.07) is 7.73. The summed E-state index contributed by atoms with van der Waals surface area (Å²) in [6.07, 6.45) is 8.14. The van der Waals surface area contributed by atoms with Crippen molar-refractivity contribution in [3.8, 4) is 0 Å². The second kappa shape index (κ2) is 8.84. The zero-order valence-corrected chi connectivity index (χ0v) is 19.9. The van der Waals surface area contributed by atoms with E-state index >= 15 is 0 Å². The second-order valence-electron chi connectivity index (χ2n) is 10.5. The van der Waals surface area contributed by atoms with Gasteiger partial charge in [0.25, 0.3) is 0 Å². The third kappa shape index (κ3) is 4.81. The Kier molecular flexibility index (Phi) is 6.78. The number of rotatable bonds is 5. The van der Waals surface area contributed by atoms with Gasteiger partial charge in [0.1, 0.15) is 18.3 Å². The average Bonchev–Trinajstić information content (AvgIpc) is 3.15. The summed E-state index contributed by atoms with van der Waals surface area (Å²) in [5, 5.41) is 20.1. The molecule has 3 rings (SSSR count). The number of hydrogen-bond donors (Lipinski definition) is 0. The van der Waals surface area contributed by atoms with Crippen LogP contribution in [0.15, 0.2) is 36.9 Å². The standard InChI is InChI=1S/C25H35ClN3O/c1-17(2)21-12-7-18(3)14-25(21,30)23(24(4,5)6)22(29-16-27-15-28-29)13-19-8-10-20(26)11-9-19/h8-11,13,15-18,21,23H,7,12,14H2,1-6H3/b22-13+. The van der Waals surface area contributed by atoms with E-state index in [9.17, 15) is 5.11 Å². The maximum atomic E-state index is 14.9. The summed E-state index contributed by atoms with van der Waals surface area (Å²) in [7, 11) is 0. The zero-order valence-electron chi connectivity index (χ0n) is 19.1. The molecular weight excluding hydrogens is 394 g/mol. The lowest BCUT2D eigenvalue weighted by molar-refractivity contribution is -0.172. The molecule has 4 nitrogen and oxygen atoms in total. The topological polar surface area (TPSA) is 50.6 Å². The van der Waals surface area contributed by atoms with E-state index in [4.69, 9.17) is 11.6 Å². The van der Waals surface area contributed by atoms with Gasteiger partial charge >= 0.3 is 0 Å². The van der Waals surface area contributed by atoms with Crippen LogP contribution in [0.3, 0.4) is 0 Å². The molecule has 0 N–H and O–H groups in total. The quantitative estimate of drug-likeness (QED) is 0.522. The minimum atomic E-state index is -1.08. The van der Waals surface area contributed by atoms with E-state index in [1.54, 1.807) is 11.0 Å². The van der Waals surface area contributed by atoms with Crippen molar-refractivity contribution in [3.05, 3.63) is 47.5 Å². The number of halogens is 1. The summed E-state index contributed by atoms with van der Waals surface area (Å²) >= 11 is 6.10. The lowest BCUT2D eigenvalue weighted by Crippen LogP contribution is -2.54. The van der Waals surface area contributed by atoms with Gasteiger partial charge in [-0.2, -0.15) is 5.10 Å². The van der Waals surface area contributed by atoms with Crippen LogP contribution >= 0.6 is 11.6 Å². The van der Waals surface area contributed by atoms with E-state index in [0.717, 1.165) is 24.1 Å². The van der Waals surface area contributed by atoms with Gasteiger partial charge in [-0.25, -0.2) is 14.8 Å². The van der Waals surface area contributed by atoms with Crippen molar-refractivity contribution in [2.24, 2.45) is 29.1 Å². The molecule has 1 aliphatic rings. The van der Waals surface area contributed by atoms with Gasteiger partial charge in [-0.15, -0.1) is 0 Å². The van der Waals surface area contributed by atoms with E-state index in [1.807, 2.05) is 24.3 Å². The van der Waals surface area contributed by atoms with Crippen LogP contribution in [-0.4, -0.2) is 20.4 Å². The fourth-order valence-electron chi connectivity index (χ4n) is 5.52. The third-order valence-corrected chi connectivity index (χ3v) is 6.84. The first-order valence-electron chi connectivity index (χ1n) is 11.0. The van der Waals surface area contributed by atoms with Crippen LogP contribution in [-0.2, 0) is 5.11 Å². The summed E-state index contributed by atoms with van der Waals surface area (Å²) < 4.78 is 1.79. The molecule has 0 saturated heterocycles. The van der Waals surface area contributed by atoms with Crippen LogP contribution in [0.5, 0.6) is 0 Å².